The van der Waals surface area contributed by atoms with Crippen LogP contribution in [0.15, 0.2) is 47.8 Å². The van der Waals surface area contributed by atoms with Gasteiger partial charge < -0.3 is 0 Å². The first-order valence-corrected chi connectivity index (χ1v) is 7.11. The molecular formula is C14H12N4OS. The number of Topliss-reactive ketones (excluding diaryl/α,β-unsaturated/α-hetero) is 1. The van der Waals surface area contributed by atoms with Gasteiger partial charge in [-0.15, -0.1) is 0 Å². The largest absolute Gasteiger partial charge is 0.293 e. The molecule has 0 saturated carbocycles. The molecule has 0 aliphatic carbocycles. The van der Waals surface area contributed by atoms with Gasteiger partial charge in [0.2, 0.25) is 0 Å². The molecule has 0 aliphatic heterocycles. The van der Waals surface area contributed by atoms with Gasteiger partial charge in [-0.1, -0.05) is 42.1 Å². The van der Waals surface area contributed by atoms with Gasteiger partial charge in [0.1, 0.15) is 11.4 Å². The average molecular weight is 284 g/mol. The monoisotopic (exact) mass is 284 g/mol. The van der Waals surface area contributed by atoms with Crippen LogP contribution in [0.25, 0.3) is 5.78 Å². The molecule has 20 heavy (non-hydrogen) atoms. The van der Waals surface area contributed by atoms with Crippen molar-refractivity contribution in [2.45, 2.75) is 11.9 Å². The predicted molar refractivity (Wildman–Crippen MR) is 77.0 cm³/mol. The number of nitrogens with zero attached hydrogens (tertiary/aromatic N) is 4. The lowest BCUT2D eigenvalue weighted by Gasteiger charge is -2.04. The number of rotatable bonds is 4. The lowest BCUT2D eigenvalue weighted by atomic mass is 10.2. The van der Waals surface area contributed by atoms with Crippen LogP contribution in [-0.2, 0) is 0 Å². The van der Waals surface area contributed by atoms with Crippen molar-refractivity contribution >= 4 is 23.3 Å². The second-order valence-corrected chi connectivity index (χ2v) is 5.28. The van der Waals surface area contributed by atoms with E-state index in [4.69, 9.17) is 0 Å². The minimum Gasteiger partial charge on any atom is -0.293 e. The van der Waals surface area contributed by atoms with E-state index in [0.29, 0.717) is 11.5 Å². The number of fused-ring (bicyclic) bond motifs is 1. The average Bonchev–Trinajstić information content (AvgIpc) is 2.93. The Bertz CT molecular complexity index is 754. The fourth-order valence-corrected chi connectivity index (χ4v) is 2.80. The van der Waals surface area contributed by atoms with Gasteiger partial charge in [0.25, 0.3) is 5.78 Å². The maximum atomic E-state index is 12.1. The predicted octanol–water partition coefficient (Wildman–Crippen LogP) is 2.41. The van der Waals surface area contributed by atoms with Gasteiger partial charge in [-0.05, 0) is 13.0 Å². The van der Waals surface area contributed by atoms with Crippen LogP contribution < -0.4 is 0 Å². The number of aromatic nitrogens is 4. The lowest BCUT2D eigenvalue weighted by Crippen LogP contribution is -2.04. The number of aryl methyl sites for hydroxylation is 1. The Morgan fingerprint density at radius 2 is 2.10 bits per heavy atom. The minimum atomic E-state index is 0.0957. The summed E-state index contributed by atoms with van der Waals surface area (Å²) >= 11 is 1.44. The third kappa shape index (κ3) is 2.55. The molecule has 1 aromatic carbocycles. The summed E-state index contributed by atoms with van der Waals surface area (Å²) in [7, 11) is 0. The van der Waals surface area contributed by atoms with Gasteiger partial charge in [-0.25, -0.2) is 4.98 Å². The van der Waals surface area contributed by atoms with Crippen molar-refractivity contribution in [1.82, 2.24) is 19.6 Å². The zero-order chi connectivity index (χ0) is 13.9. The van der Waals surface area contributed by atoms with Crippen LogP contribution in [0.4, 0.5) is 0 Å². The third-order valence-electron chi connectivity index (χ3n) is 2.79. The number of hydrogen-bond donors (Lipinski definition) is 0. The Kier molecular flexibility index (Phi) is 3.47. The van der Waals surface area contributed by atoms with E-state index in [1.807, 2.05) is 43.3 Å². The molecule has 0 unspecified atom stereocenters. The van der Waals surface area contributed by atoms with Gasteiger partial charge in [0, 0.05) is 11.3 Å². The van der Waals surface area contributed by atoms with E-state index < -0.39 is 0 Å². The summed E-state index contributed by atoms with van der Waals surface area (Å²) in [6, 6.07) is 11.2. The maximum absolute atomic E-state index is 12.1. The molecule has 0 spiro atoms. The van der Waals surface area contributed by atoms with E-state index in [2.05, 4.69) is 15.1 Å². The highest BCUT2D eigenvalue weighted by Gasteiger charge is 2.10. The van der Waals surface area contributed by atoms with Crippen molar-refractivity contribution in [3.8, 4) is 0 Å². The van der Waals surface area contributed by atoms with Crippen molar-refractivity contribution in [3.05, 3.63) is 54.0 Å². The first-order valence-electron chi connectivity index (χ1n) is 6.12. The normalized spacial score (nSPS) is 10.8. The number of benzene rings is 1. The van der Waals surface area contributed by atoms with Crippen LogP contribution in [0.1, 0.15) is 16.1 Å². The summed E-state index contributed by atoms with van der Waals surface area (Å²) in [4.78, 5) is 20.4. The van der Waals surface area contributed by atoms with Gasteiger partial charge in [0.05, 0.1) is 5.75 Å². The van der Waals surface area contributed by atoms with Crippen LogP contribution in [0, 0.1) is 6.92 Å². The Balaban J connectivity index is 1.80. The SMILES string of the molecule is Cc1cc(SCC(=O)c2ccccc2)n2ncnc2n1. The van der Waals surface area contributed by atoms with Crippen LogP contribution in [0.5, 0.6) is 0 Å². The van der Waals surface area contributed by atoms with Gasteiger partial charge in [0.15, 0.2) is 5.78 Å². The molecule has 2 heterocycles. The fraction of sp³-hybridized carbons (Fsp3) is 0.143. The van der Waals surface area contributed by atoms with Crippen molar-refractivity contribution in [3.63, 3.8) is 0 Å². The zero-order valence-corrected chi connectivity index (χ0v) is 11.7. The second-order valence-electron chi connectivity index (χ2n) is 4.29. The second kappa shape index (κ2) is 5.42. The van der Waals surface area contributed by atoms with E-state index in [1.165, 1.54) is 18.1 Å². The van der Waals surface area contributed by atoms with Crippen molar-refractivity contribution in [2.24, 2.45) is 0 Å². The van der Waals surface area contributed by atoms with Crippen molar-refractivity contribution < 1.29 is 4.79 Å². The van der Waals surface area contributed by atoms with Crippen LogP contribution in [0.3, 0.4) is 0 Å². The molecule has 0 saturated heterocycles. The first kappa shape index (κ1) is 12.8. The van der Waals surface area contributed by atoms with Crippen LogP contribution in [0.2, 0.25) is 0 Å². The Morgan fingerprint density at radius 1 is 1.30 bits per heavy atom. The Morgan fingerprint density at radius 3 is 2.90 bits per heavy atom. The summed E-state index contributed by atoms with van der Waals surface area (Å²) < 4.78 is 1.65. The highest BCUT2D eigenvalue weighted by atomic mass is 32.2. The highest BCUT2D eigenvalue weighted by molar-refractivity contribution is 7.99. The molecule has 0 fully saturated rings. The molecule has 0 bridgehead atoms. The summed E-state index contributed by atoms with van der Waals surface area (Å²) in [5.41, 5.74) is 1.58. The first-order chi connectivity index (χ1) is 9.74. The Hall–Kier alpha value is -2.21. The minimum absolute atomic E-state index is 0.0957. The van der Waals surface area contributed by atoms with E-state index in [0.717, 1.165) is 16.3 Å². The molecule has 0 radical (unpaired) electrons. The maximum Gasteiger partial charge on any atom is 0.253 e. The van der Waals surface area contributed by atoms with E-state index in [1.54, 1.807) is 4.52 Å². The number of carbonyl (C=O) groups is 1. The number of ketones is 1. The standard InChI is InChI=1S/C14H12N4OS/c1-10-7-13(18-14(17-10)15-9-16-18)20-8-12(19)11-5-3-2-4-6-11/h2-7,9H,8H2,1H3. The molecule has 0 aliphatic rings. The lowest BCUT2D eigenvalue weighted by molar-refractivity contribution is 0.102. The summed E-state index contributed by atoms with van der Waals surface area (Å²) in [5, 5.41) is 4.99. The molecule has 6 heteroatoms. The molecule has 2 aromatic heterocycles. The van der Waals surface area contributed by atoms with E-state index >= 15 is 0 Å². The number of thioether (sulfide) groups is 1. The van der Waals surface area contributed by atoms with E-state index in [9.17, 15) is 4.79 Å². The number of carbonyl (C=O) groups excluding carboxylic acids is 1. The van der Waals surface area contributed by atoms with Gasteiger partial charge in [-0.3, -0.25) is 4.79 Å². The molecule has 100 valence electrons. The molecule has 5 nitrogen and oxygen atoms in total. The van der Waals surface area contributed by atoms with Crippen LogP contribution in [-0.4, -0.2) is 31.1 Å². The van der Waals surface area contributed by atoms with Crippen molar-refractivity contribution in [1.29, 1.82) is 0 Å². The molecule has 3 aromatic rings. The number of hydrogen-bond acceptors (Lipinski definition) is 5. The fourth-order valence-electron chi connectivity index (χ4n) is 1.85. The van der Waals surface area contributed by atoms with Gasteiger partial charge >= 0.3 is 0 Å². The zero-order valence-electron chi connectivity index (χ0n) is 10.9. The van der Waals surface area contributed by atoms with E-state index in [-0.39, 0.29) is 5.78 Å². The summed E-state index contributed by atoms with van der Waals surface area (Å²) in [6.07, 6.45) is 1.46. The van der Waals surface area contributed by atoms with Crippen molar-refractivity contribution in [2.75, 3.05) is 5.75 Å². The molecule has 0 atom stereocenters. The van der Waals surface area contributed by atoms with Crippen LogP contribution >= 0.6 is 11.8 Å². The Labute approximate surface area is 120 Å². The van der Waals surface area contributed by atoms with Gasteiger partial charge in [-0.2, -0.15) is 14.6 Å². The molecule has 0 N–H and O–H groups in total. The molecule has 0 amide bonds. The molecule has 3 rings (SSSR count). The smallest absolute Gasteiger partial charge is 0.253 e. The third-order valence-corrected chi connectivity index (χ3v) is 3.79. The topological polar surface area (TPSA) is 60.2 Å². The summed E-state index contributed by atoms with van der Waals surface area (Å²) in [6.45, 7) is 1.90. The molecular weight excluding hydrogens is 272 g/mol. The quantitative estimate of drug-likeness (QED) is 0.418. The highest BCUT2D eigenvalue weighted by Crippen LogP contribution is 2.20. The summed E-state index contributed by atoms with van der Waals surface area (Å²) in [5.74, 6) is 1.01.